The van der Waals surface area contributed by atoms with Gasteiger partial charge in [0.2, 0.25) is 5.91 Å². The van der Waals surface area contributed by atoms with Gasteiger partial charge in [-0.05, 0) is 88.4 Å². The highest BCUT2D eigenvalue weighted by atomic mass is 19.1. The fourth-order valence-electron chi connectivity index (χ4n) is 7.69. The molecular weight excluding hydrogens is 449 g/mol. The number of carbonyl (C=O) groups excluding carboxylic acids is 1. The van der Waals surface area contributed by atoms with E-state index in [-0.39, 0.29) is 22.8 Å². The van der Waals surface area contributed by atoms with Crippen molar-refractivity contribution in [1.29, 1.82) is 0 Å². The monoisotopic (exact) mass is 487 g/mol. The first-order chi connectivity index (χ1) is 17.4. The van der Waals surface area contributed by atoms with Gasteiger partial charge in [0, 0.05) is 34.6 Å². The van der Waals surface area contributed by atoms with E-state index < -0.39 is 0 Å². The van der Waals surface area contributed by atoms with Crippen LogP contribution in [0.3, 0.4) is 0 Å². The van der Waals surface area contributed by atoms with Gasteiger partial charge in [-0.3, -0.25) is 9.69 Å². The van der Waals surface area contributed by atoms with Crippen LogP contribution in [0.4, 0.5) is 4.39 Å². The first-order valence-corrected chi connectivity index (χ1v) is 13.8. The average Bonchev–Trinajstić information content (AvgIpc) is 3.29. The van der Waals surface area contributed by atoms with Crippen LogP contribution in [0.2, 0.25) is 0 Å². The van der Waals surface area contributed by atoms with Crippen molar-refractivity contribution >= 4 is 16.8 Å². The van der Waals surface area contributed by atoms with Crippen LogP contribution in [-0.4, -0.2) is 41.3 Å². The third kappa shape index (κ3) is 3.61. The minimum Gasteiger partial charge on any atom is -0.356 e. The normalized spacial score (nSPS) is 27.1. The van der Waals surface area contributed by atoms with Gasteiger partial charge in [0.25, 0.3) is 0 Å². The Morgan fingerprint density at radius 3 is 2.47 bits per heavy atom. The Labute approximate surface area is 213 Å². The Balaban J connectivity index is 1.43. The number of hydrogen-bond donors (Lipinski definition) is 1. The highest BCUT2D eigenvalue weighted by molar-refractivity contribution is 5.87. The molecule has 2 fully saturated rings. The molecule has 0 saturated heterocycles. The molecule has 1 N–H and O–H groups in total. The standard InChI is InChI=1S/C31H38FN3O/c1-34(2)30(23-11-8-12-24(32)21-23)16-18-31(19-17-30)28-26(25-13-6-7-14-27(25)33-28)15-20-35(31)29(36)22-9-4-3-5-10-22/h6-8,11-14,21-22,33H,3-5,9-10,15-20H2,1-2H3. The maximum atomic E-state index is 14.3. The zero-order valence-electron chi connectivity index (χ0n) is 21.7. The van der Waals surface area contributed by atoms with E-state index in [1.807, 2.05) is 6.07 Å². The molecule has 0 unspecified atom stereocenters. The lowest BCUT2D eigenvalue weighted by atomic mass is 9.65. The molecule has 2 aliphatic carbocycles. The minimum atomic E-state index is -0.325. The van der Waals surface area contributed by atoms with Gasteiger partial charge >= 0.3 is 0 Å². The van der Waals surface area contributed by atoms with Crippen LogP contribution in [0.15, 0.2) is 48.5 Å². The van der Waals surface area contributed by atoms with Gasteiger partial charge in [-0.25, -0.2) is 4.39 Å². The van der Waals surface area contributed by atoms with Crippen LogP contribution in [0.1, 0.15) is 74.6 Å². The zero-order valence-corrected chi connectivity index (χ0v) is 21.7. The van der Waals surface area contributed by atoms with Crippen molar-refractivity contribution in [3.63, 3.8) is 0 Å². The highest BCUT2D eigenvalue weighted by Crippen LogP contribution is 2.54. The van der Waals surface area contributed by atoms with Gasteiger partial charge in [-0.2, -0.15) is 0 Å². The van der Waals surface area contributed by atoms with Gasteiger partial charge in [0.05, 0.1) is 5.54 Å². The first kappa shape index (κ1) is 23.7. The molecule has 5 heteroatoms. The number of carbonyl (C=O) groups is 1. The van der Waals surface area contributed by atoms with Crippen LogP contribution >= 0.6 is 0 Å². The molecule has 1 amide bonds. The number of rotatable bonds is 3. The number of hydrogen-bond acceptors (Lipinski definition) is 2. The van der Waals surface area contributed by atoms with Crippen molar-refractivity contribution in [2.45, 2.75) is 75.3 Å². The van der Waals surface area contributed by atoms with E-state index in [1.165, 1.54) is 34.6 Å². The molecule has 4 nitrogen and oxygen atoms in total. The number of nitrogens with one attached hydrogen (secondary N) is 1. The molecule has 36 heavy (non-hydrogen) atoms. The molecule has 0 atom stereocenters. The van der Waals surface area contributed by atoms with Crippen molar-refractivity contribution in [2.24, 2.45) is 5.92 Å². The smallest absolute Gasteiger partial charge is 0.226 e. The third-order valence-corrected chi connectivity index (χ3v) is 9.72. The van der Waals surface area contributed by atoms with Crippen LogP contribution in [0.25, 0.3) is 10.9 Å². The molecule has 3 aromatic rings. The van der Waals surface area contributed by atoms with Crippen LogP contribution in [-0.2, 0) is 22.3 Å². The number of halogens is 1. The SMILES string of the molecule is CN(C)C1(c2cccc(F)c2)CCC2(CC1)c1[nH]c3ccccc3c1CCN2C(=O)C1CCCCC1. The van der Waals surface area contributed by atoms with Crippen LogP contribution < -0.4 is 0 Å². The number of H-pyrrole nitrogens is 1. The predicted octanol–water partition coefficient (Wildman–Crippen LogP) is 6.50. The third-order valence-electron chi connectivity index (χ3n) is 9.72. The fourth-order valence-corrected chi connectivity index (χ4v) is 7.69. The Kier molecular flexibility index (Phi) is 5.94. The van der Waals surface area contributed by atoms with E-state index in [1.54, 1.807) is 6.07 Å². The Morgan fingerprint density at radius 1 is 1.00 bits per heavy atom. The lowest BCUT2D eigenvalue weighted by Crippen LogP contribution is -2.59. The molecule has 2 saturated carbocycles. The molecule has 3 aliphatic rings. The van der Waals surface area contributed by atoms with Crippen molar-refractivity contribution in [2.75, 3.05) is 20.6 Å². The lowest BCUT2D eigenvalue weighted by Gasteiger charge is -2.55. The van der Waals surface area contributed by atoms with Gasteiger partial charge in [0.15, 0.2) is 0 Å². The number of aromatic amines is 1. The van der Waals surface area contributed by atoms with E-state index in [2.05, 4.69) is 59.2 Å². The number of para-hydroxylation sites is 1. The minimum absolute atomic E-state index is 0.158. The van der Waals surface area contributed by atoms with E-state index in [4.69, 9.17) is 0 Å². The second kappa shape index (κ2) is 9.02. The van der Waals surface area contributed by atoms with E-state index in [9.17, 15) is 9.18 Å². The molecule has 190 valence electrons. The van der Waals surface area contributed by atoms with Crippen molar-refractivity contribution in [1.82, 2.24) is 14.8 Å². The Bertz CT molecular complexity index is 1260. The largest absolute Gasteiger partial charge is 0.356 e. The molecule has 2 aromatic carbocycles. The quantitative estimate of drug-likeness (QED) is 0.458. The van der Waals surface area contributed by atoms with Crippen molar-refractivity contribution < 1.29 is 9.18 Å². The van der Waals surface area contributed by atoms with Crippen LogP contribution in [0, 0.1) is 11.7 Å². The predicted molar refractivity (Wildman–Crippen MR) is 142 cm³/mol. The molecule has 6 rings (SSSR count). The van der Waals surface area contributed by atoms with E-state index in [0.717, 1.165) is 69.9 Å². The van der Waals surface area contributed by atoms with Crippen molar-refractivity contribution in [3.8, 4) is 0 Å². The summed E-state index contributed by atoms with van der Waals surface area (Å²) < 4.78 is 14.3. The molecule has 1 aromatic heterocycles. The van der Waals surface area contributed by atoms with Crippen LogP contribution in [0.5, 0.6) is 0 Å². The van der Waals surface area contributed by atoms with Gasteiger partial charge in [-0.1, -0.05) is 49.6 Å². The second-order valence-electron chi connectivity index (χ2n) is 11.6. The molecular formula is C31H38FN3O. The fraction of sp³-hybridized carbons (Fsp3) is 0.516. The summed E-state index contributed by atoms with van der Waals surface area (Å²) in [5, 5.41) is 1.30. The lowest BCUT2D eigenvalue weighted by molar-refractivity contribution is -0.148. The molecule has 0 radical (unpaired) electrons. The summed E-state index contributed by atoms with van der Waals surface area (Å²) in [7, 11) is 4.23. The summed E-state index contributed by atoms with van der Waals surface area (Å²) in [6.07, 6.45) is 10.0. The Hall–Kier alpha value is -2.66. The van der Waals surface area contributed by atoms with E-state index >= 15 is 0 Å². The molecule has 1 aliphatic heterocycles. The van der Waals surface area contributed by atoms with E-state index in [0.29, 0.717) is 5.91 Å². The van der Waals surface area contributed by atoms with Crippen molar-refractivity contribution in [3.05, 3.63) is 71.2 Å². The molecule has 2 heterocycles. The Morgan fingerprint density at radius 2 is 1.75 bits per heavy atom. The van der Waals surface area contributed by atoms with Gasteiger partial charge in [-0.15, -0.1) is 0 Å². The number of benzene rings is 2. The number of aromatic nitrogens is 1. The summed E-state index contributed by atoms with van der Waals surface area (Å²) in [6.45, 7) is 0.791. The number of amides is 1. The maximum Gasteiger partial charge on any atom is 0.226 e. The highest BCUT2D eigenvalue weighted by Gasteiger charge is 2.53. The topological polar surface area (TPSA) is 39.3 Å². The summed E-state index contributed by atoms with van der Waals surface area (Å²) in [5.41, 5.74) is 4.29. The summed E-state index contributed by atoms with van der Waals surface area (Å²) in [4.78, 5) is 22.5. The van der Waals surface area contributed by atoms with Gasteiger partial charge < -0.3 is 9.88 Å². The number of fused-ring (bicyclic) bond motifs is 4. The summed E-state index contributed by atoms with van der Waals surface area (Å²) in [5.74, 6) is 0.339. The molecule has 1 spiro atoms. The maximum absolute atomic E-state index is 14.3. The summed E-state index contributed by atoms with van der Waals surface area (Å²) >= 11 is 0. The summed E-state index contributed by atoms with van der Waals surface area (Å²) in [6, 6.07) is 15.7. The first-order valence-electron chi connectivity index (χ1n) is 13.8. The number of nitrogens with zero attached hydrogens (tertiary/aromatic N) is 2. The molecule has 0 bridgehead atoms. The zero-order chi connectivity index (χ0) is 24.9. The van der Waals surface area contributed by atoms with Gasteiger partial charge in [0.1, 0.15) is 5.82 Å². The second-order valence-corrected chi connectivity index (χ2v) is 11.6. The average molecular weight is 488 g/mol.